The van der Waals surface area contributed by atoms with Crippen molar-refractivity contribution >= 4 is 40.6 Å². The second-order valence-corrected chi connectivity index (χ2v) is 5.07. The van der Waals surface area contributed by atoms with Gasteiger partial charge in [0.1, 0.15) is 11.5 Å². The monoisotopic (exact) mass is 314 g/mol. The molecule has 0 radical (unpaired) electrons. The molecule has 0 aliphatic carbocycles. The fraction of sp³-hybridized carbons (Fsp3) is 0.0714. The summed E-state index contributed by atoms with van der Waals surface area (Å²) in [6.07, 6.45) is 0. The Bertz CT molecular complexity index is 639. The Hall–Kier alpha value is -1.22. The molecule has 2 aromatic carbocycles. The van der Waals surface area contributed by atoms with Gasteiger partial charge in [0.2, 0.25) is 0 Å². The zero-order valence-electron chi connectivity index (χ0n) is 9.91. The van der Waals surface area contributed by atoms with Gasteiger partial charge < -0.3 is 4.74 Å². The maximum atomic E-state index is 11.5. The molecule has 0 bridgehead atoms. The summed E-state index contributed by atoms with van der Waals surface area (Å²) >= 11 is 17.8. The molecule has 0 N–H and O–H groups in total. The first-order chi connectivity index (χ1) is 8.99. The Labute approximate surface area is 125 Å². The minimum atomic E-state index is -0.0909. The number of Topliss-reactive ketones (excluding diaryl/α,β-unsaturated/α-hetero) is 1. The van der Waals surface area contributed by atoms with Gasteiger partial charge >= 0.3 is 0 Å². The molecule has 2 rings (SSSR count). The van der Waals surface area contributed by atoms with Crippen molar-refractivity contribution in [3.8, 4) is 11.5 Å². The standard InChI is InChI=1S/C14H9Cl3O2/c1-8(18)9-4-2-3-5-13(9)19-14-7-11(16)10(15)6-12(14)17/h2-7H,1H3. The lowest BCUT2D eigenvalue weighted by Gasteiger charge is -2.11. The summed E-state index contributed by atoms with van der Waals surface area (Å²) in [4.78, 5) is 11.5. The van der Waals surface area contributed by atoms with Crippen LogP contribution in [0.15, 0.2) is 36.4 Å². The molecule has 0 unspecified atom stereocenters. The van der Waals surface area contributed by atoms with E-state index in [1.807, 2.05) is 0 Å². The van der Waals surface area contributed by atoms with E-state index < -0.39 is 0 Å². The third kappa shape index (κ3) is 3.21. The molecule has 0 saturated carbocycles. The van der Waals surface area contributed by atoms with Crippen LogP contribution in [0.25, 0.3) is 0 Å². The van der Waals surface area contributed by atoms with Crippen LogP contribution in [0.5, 0.6) is 11.5 Å². The maximum absolute atomic E-state index is 11.5. The quantitative estimate of drug-likeness (QED) is 0.541. The summed E-state index contributed by atoms with van der Waals surface area (Å²) in [6, 6.07) is 9.92. The summed E-state index contributed by atoms with van der Waals surface area (Å²) in [5.41, 5.74) is 0.477. The number of para-hydroxylation sites is 1. The topological polar surface area (TPSA) is 26.3 Å². The number of ketones is 1. The zero-order chi connectivity index (χ0) is 14.0. The van der Waals surface area contributed by atoms with E-state index in [4.69, 9.17) is 39.5 Å². The molecule has 0 amide bonds. The number of ether oxygens (including phenoxy) is 1. The predicted molar refractivity (Wildman–Crippen MR) is 78.0 cm³/mol. The average molecular weight is 316 g/mol. The lowest BCUT2D eigenvalue weighted by atomic mass is 10.1. The van der Waals surface area contributed by atoms with Gasteiger partial charge in [-0.1, -0.05) is 46.9 Å². The summed E-state index contributed by atoms with van der Waals surface area (Å²) in [6.45, 7) is 1.47. The van der Waals surface area contributed by atoms with E-state index in [1.165, 1.54) is 19.1 Å². The van der Waals surface area contributed by atoms with E-state index in [2.05, 4.69) is 0 Å². The van der Waals surface area contributed by atoms with Crippen molar-refractivity contribution in [3.05, 3.63) is 57.0 Å². The number of halogens is 3. The molecule has 0 heterocycles. The minimum Gasteiger partial charge on any atom is -0.455 e. The second kappa shape index (κ2) is 5.83. The highest BCUT2D eigenvalue weighted by Gasteiger charge is 2.12. The molecule has 2 aromatic rings. The Morgan fingerprint density at radius 1 is 0.947 bits per heavy atom. The van der Waals surface area contributed by atoms with E-state index in [-0.39, 0.29) is 5.78 Å². The first kappa shape index (κ1) is 14.2. The normalized spacial score (nSPS) is 10.3. The van der Waals surface area contributed by atoms with Crippen molar-refractivity contribution < 1.29 is 9.53 Å². The van der Waals surface area contributed by atoms with Gasteiger partial charge in [0.15, 0.2) is 5.78 Å². The molecule has 19 heavy (non-hydrogen) atoms. The van der Waals surface area contributed by atoms with Crippen LogP contribution in [-0.4, -0.2) is 5.78 Å². The van der Waals surface area contributed by atoms with Crippen molar-refractivity contribution in [3.63, 3.8) is 0 Å². The third-order valence-electron chi connectivity index (χ3n) is 2.46. The largest absolute Gasteiger partial charge is 0.455 e. The average Bonchev–Trinajstić information content (AvgIpc) is 2.36. The van der Waals surface area contributed by atoms with Gasteiger partial charge in [0, 0.05) is 6.07 Å². The number of carbonyl (C=O) groups is 1. The molecular formula is C14H9Cl3O2. The summed E-state index contributed by atoms with van der Waals surface area (Å²) in [7, 11) is 0. The van der Waals surface area contributed by atoms with Crippen molar-refractivity contribution in [2.45, 2.75) is 6.92 Å². The van der Waals surface area contributed by atoms with E-state index in [1.54, 1.807) is 24.3 Å². The van der Waals surface area contributed by atoms with Gasteiger partial charge in [-0.25, -0.2) is 0 Å². The molecule has 0 atom stereocenters. The van der Waals surface area contributed by atoms with Gasteiger partial charge in [0.05, 0.1) is 20.6 Å². The fourth-order valence-corrected chi connectivity index (χ4v) is 2.12. The van der Waals surface area contributed by atoms with Gasteiger partial charge in [-0.05, 0) is 25.1 Å². The molecular weight excluding hydrogens is 307 g/mol. The van der Waals surface area contributed by atoms with Crippen LogP contribution in [0, 0.1) is 0 Å². The molecule has 0 aliphatic rings. The van der Waals surface area contributed by atoms with E-state index in [0.717, 1.165) is 0 Å². The highest BCUT2D eigenvalue weighted by molar-refractivity contribution is 6.43. The molecule has 0 aliphatic heterocycles. The molecule has 98 valence electrons. The smallest absolute Gasteiger partial charge is 0.163 e. The highest BCUT2D eigenvalue weighted by Crippen LogP contribution is 2.37. The van der Waals surface area contributed by atoms with Gasteiger partial charge in [-0.2, -0.15) is 0 Å². The molecule has 5 heteroatoms. The Morgan fingerprint density at radius 2 is 1.58 bits per heavy atom. The molecule has 0 fully saturated rings. The summed E-state index contributed by atoms with van der Waals surface area (Å²) < 4.78 is 5.64. The van der Waals surface area contributed by atoms with Crippen LogP contribution < -0.4 is 4.74 Å². The number of rotatable bonds is 3. The van der Waals surface area contributed by atoms with E-state index in [0.29, 0.717) is 32.1 Å². The van der Waals surface area contributed by atoms with Gasteiger partial charge in [-0.3, -0.25) is 4.79 Å². The van der Waals surface area contributed by atoms with Crippen molar-refractivity contribution in [2.24, 2.45) is 0 Å². The van der Waals surface area contributed by atoms with Crippen molar-refractivity contribution in [1.82, 2.24) is 0 Å². The molecule has 0 aromatic heterocycles. The zero-order valence-corrected chi connectivity index (χ0v) is 12.2. The lowest BCUT2D eigenvalue weighted by molar-refractivity contribution is 0.101. The maximum Gasteiger partial charge on any atom is 0.163 e. The molecule has 0 spiro atoms. The van der Waals surface area contributed by atoms with Crippen LogP contribution in [-0.2, 0) is 0 Å². The fourth-order valence-electron chi connectivity index (χ4n) is 1.55. The Kier molecular flexibility index (Phi) is 4.35. The van der Waals surface area contributed by atoms with E-state index in [9.17, 15) is 4.79 Å². The van der Waals surface area contributed by atoms with E-state index >= 15 is 0 Å². The van der Waals surface area contributed by atoms with Gasteiger partial charge in [0.25, 0.3) is 0 Å². The van der Waals surface area contributed by atoms with Crippen LogP contribution in [0.4, 0.5) is 0 Å². The summed E-state index contributed by atoms with van der Waals surface area (Å²) in [5.74, 6) is 0.687. The number of hydrogen-bond donors (Lipinski definition) is 0. The first-order valence-corrected chi connectivity index (χ1v) is 6.55. The van der Waals surface area contributed by atoms with Gasteiger partial charge in [-0.15, -0.1) is 0 Å². The van der Waals surface area contributed by atoms with Crippen molar-refractivity contribution in [2.75, 3.05) is 0 Å². The second-order valence-electron chi connectivity index (χ2n) is 3.85. The number of hydrogen-bond acceptors (Lipinski definition) is 2. The third-order valence-corrected chi connectivity index (χ3v) is 3.48. The van der Waals surface area contributed by atoms with Crippen LogP contribution >= 0.6 is 34.8 Å². The minimum absolute atomic E-state index is 0.0909. The number of benzene rings is 2. The van der Waals surface area contributed by atoms with Crippen LogP contribution in [0.3, 0.4) is 0 Å². The molecule has 2 nitrogen and oxygen atoms in total. The number of carbonyl (C=O) groups excluding carboxylic acids is 1. The predicted octanol–water partition coefficient (Wildman–Crippen LogP) is 5.64. The van der Waals surface area contributed by atoms with Crippen molar-refractivity contribution in [1.29, 1.82) is 0 Å². The highest BCUT2D eigenvalue weighted by atomic mass is 35.5. The Morgan fingerprint density at radius 3 is 2.26 bits per heavy atom. The van der Waals surface area contributed by atoms with Crippen LogP contribution in [0.1, 0.15) is 17.3 Å². The SMILES string of the molecule is CC(=O)c1ccccc1Oc1cc(Cl)c(Cl)cc1Cl. The van der Waals surface area contributed by atoms with Crippen LogP contribution in [0.2, 0.25) is 15.1 Å². The summed E-state index contributed by atoms with van der Waals surface area (Å²) in [5, 5.41) is 1.01. The first-order valence-electron chi connectivity index (χ1n) is 5.41. The lowest BCUT2D eigenvalue weighted by Crippen LogP contribution is -1.97. The Balaban J connectivity index is 2.42. The molecule has 0 saturated heterocycles.